The number of pyridine rings is 1. The Bertz CT molecular complexity index is 2500. The van der Waals surface area contributed by atoms with E-state index in [0.717, 1.165) is 92.8 Å². The molecule has 2 amide bonds. The van der Waals surface area contributed by atoms with E-state index in [-0.39, 0.29) is 29.9 Å². The van der Waals surface area contributed by atoms with Crippen molar-refractivity contribution in [3.8, 4) is 17.1 Å². The number of imidazole rings is 2. The molecule has 56 heavy (non-hydrogen) atoms. The van der Waals surface area contributed by atoms with Crippen molar-refractivity contribution in [2.24, 2.45) is 7.05 Å². The van der Waals surface area contributed by atoms with Crippen LogP contribution in [0, 0.1) is 5.82 Å². The topological polar surface area (TPSA) is 135 Å². The first-order valence-corrected chi connectivity index (χ1v) is 19.3. The van der Waals surface area contributed by atoms with Crippen molar-refractivity contribution in [3.63, 3.8) is 0 Å². The van der Waals surface area contributed by atoms with Crippen molar-refractivity contribution in [1.29, 1.82) is 0 Å². The quantitative estimate of drug-likeness (QED) is 0.157. The minimum Gasteiger partial charge on any atom is -0.493 e. The van der Waals surface area contributed by atoms with Gasteiger partial charge in [0.05, 0.1) is 35.6 Å². The van der Waals surface area contributed by atoms with Crippen LogP contribution in [0.4, 0.5) is 16.0 Å². The van der Waals surface area contributed by atoms with E-state index in [1.54, 1.807) is 25.2 Å². The van der Waals surface area contributed by atoms with Gasteiger partial charge in [-0.1, -0.05) is 18.2 Å². The molecule has 2 unspecified atom stereocenters. The normalized spacial score (nSPS) is 19.3. The SMILES string of the molecule is Cn1c(=O)n(C2CCC(=O)NC2=O)c2ccc(OCCCN3CCN(c4cccc(-c5cnc6ccc(N7CCCC7c7cccc(F)c7)nn56)n4)CC3)cc21. The van der Waals surface area contributed by atoms with Crippen LogP contribution < -0.4 is 25.5 Å². The van der Waals surface area contributed by atoms with Crippen LogP contribution in [0.5, 0.6) is 5.75 Å². The molecule has 3 fully saturated rings. The van der Waals surface area contributed by atoms with Gasteiger partial charge in [-0.3, -0.25) is 28.9 Å². The maximum absolute atomic E-state index is 14.1. The molecule has 0 aliphatic carbocycles. The third-order valence-corrected chi connectivity index (χ3v) is 11.3. The molecule has 0 bridgehead atoms. The number of carbonyl (C=O) groups is 2. The van der Waals surface area contributed by atoms with Gasteiger partial charge in [0.25, 0.3) is 0 Å². The lowest BCUT2D eigenvalue weighted by atomic mass is 10.0. The van der Waals surface area contributed by atoms with Gasteiger partial charge < -0.3 is 14.5 Å². The Morgan fingerprint density at radius 3 is 2.57 bits per heavy atom. The second kappa shape index (κ2) is 14.9. The molecule has 0 saturated carbocycles. The number of fused-ring (bicyclic) bond motifs is 2. The van der Waals surface area contributed by atoms with Crippen molar-refractivity contribution < 1.29 is 18.7 Å². The molecule has 2 aromatic carbocycles. The van der Waals surface area contributed by atoms with Crippen LogP contribution in [-0.4, -0.2) is 91.3 Å². The largest absolute Gasteiger partial charge is 0.493 e. The fourth-order valence-corrected chi connectivity index (χ4v) is 8.38. The number of ether oxygens (including phenoxy) is 1. The summed E-state index contributed by atoms with van der Waals surface area (Å²) < 4.78 is 25.0. The van der Waals surface area contributed by atoms with Gasteiger partial charge >= 0.3 is 5.69 Å². The second-order valence-electron chi connectivity index (χ2n) is 14.8. The number of nitrogens with zero attached hydrogens (tertiary/aromatic N) is 9. The number of piperidine rings is 1. The van der Waals surface area contributed by atoms with Crippen molar-refractivity contribution in [3.05, 3.63) is 101 Å². The number of anilines is 2. The fraction of sp³-hybridized carbons (Fsp3) is 0.366. The zero-order chi connectivity index (χ0) is 38.3. The molecule has 3 aliphatic heterocycles. The van der Waals surface area contributed by atoms with E-state index in [9.17, 15) is 18.8 Å². The van der Waals surface area contributed by atoms with Crippen LogP contribution in [-0.2, 0) is 16.6 Å². The molecule has 14 nitrogen and oxygen atoms in total. The molecule has 0 spiro atoms. The third kappa shape index (κ3) is 6.76. The van der Waals surface area contributed by atoms with Crippen LogP contribution in [0.25, 0.3) is 28.1 Å². The van der Waals surface area contributed by atoms with E-state index >= 15 is 0 Å². The Morgan fingerprint density at radius 2 is 1.73 bits per heavy atom. The molecule has 3 aliphatic rings. The molecule has 1 N–H and O–H groups in total. The second-order valence-corrected chi connectivity index (χ2v) is 14.8. The summed E-state index contributed by atoms with van der Waals surface area (Å²) in [7, 11) is 1.68. The molecular formula is C41H43FN10O4. The maximum Gasteiger partial charge on any atom is 0.329 e. The summed E-state index contributed by atoms with van der Waals surface area (Å²) >= 11 is 0. The molecule has 6 aromatic rings. The van der Waals surface area contributed by atoms with Gasteiger partial charge in [0.2, 0.25) is 11.8 Å². The van der Waals surface area contributed by atoms with Crippen LogP contribution in [0.15, 0.2) is 83.8 Å². The van der Waals surface area contributed by atoms with Gasteiger partial charge in [0.15, 0.2) is 5.65 Å². The maximum atomic E-state index is 14.1. The van der Waals surface area contributed by atoms with Gasteiger partial charge in [-0.25, -0.2) is 23.7 Å². The Kier molecular flexibility index (Phi) is 9.45. The lowest BCUT2D eigenvalue weighted by Gasteiger charge is -2.35. The van der Waals surface area contributed by atoms with Crippen LogP contribution in [0.2, 0.25) is 0 Å². The van der Waals surface area contributed by atoms with Crippen LogP contribution in [0.1, 0.15) is 49.8 Å². The first-order valence-electron chi connectivity index (χ1n) is 19.3. The molecule has 2 atom stereocenters. The fourth-order valence-electron chi connectivity index (χ4n) is 8.38. The molecule has 7 heterocycles. The lowest BCUT2D eigenvalue weighted by Crippen LogP contribution is -2.47. The highest BCUT2D eigenvalue weighted by Gasteiger charge is 2.32. The average Bonchev–Trinajstić information content (AvgIpc) is 3.94. The summed E-state index contributed by atoms with van der Waals surface area (Å²) in [5.74, 6) is 1.41. The summed E-state index contributed by atoms with van der Waals surface area (Å²) in [6, 6.07) is 21.7. The van der Waals surface area contributed by atoms with E-state index < -0.39 is 11.9 Å². The molecule has 0 radical (unpaired) electrons. The van der Waals surface area contributed by atoms with Crippen molar-refractivity contribution in [1.82, 2.24) is 38.9 Å². The predicted octanol–water partition coefficient (Wildman–Crippen LogP) is 4.49. The molecular weight excluding hydrogens is 716 g/mol. The predicted molar refractivity (Wildman–Crippen MR) is 209 cm³/mol. The summed E-state index contributed by atoms with van der Waals surface area (Å²) in [6.45, 7) is 5.75. The van der Waals surface area contributed by atoms with Crippen molar-refractivity contribution >= 4 is 40.1 Å². The Labute approximate surface area is 322 Å². The first kappa shape index (κ1) is 35.6. The number of carbonyl (C=O) groups excluding carboxylic acids is 2. The molecule has 3 saturated heterocycles. The minimum absolute atomic E-state index is 0.0666. The first-order chi connectivity index (χ1) is 27.3. The minimum atomic E-state index is -0.719. The number of rotatable bonds is 10. The third-order valence-electron chi connectivity index (χ3n) is 11.3. The lowest BCUT2D eigenvalue weighted by molar-refractivity contribution is -0.135. The van der Waals surface area contributed by atoms with E-state index in [4.69, 9.17) is 14.8 Å². The molecule has 15 heteroatoms. The number of nitrogens with one attached hydrogen (secondary N) is 1. The van der Waals surface area contributed by atoms with Crippen LogP contribution >= 0.6 is 0 Å². The van der Waals surface area contributed by atoms with Crippen molar-refractivity contribution in [2.45, 2.75) is 44.2 Å². The smallest absolute Gasteiger partial charge is 0.329 e. The molecule has 9 rings (SSSR count). The van der Waals surface area contributed by atoms with Crippen LogP contribution in [0.3, 0.4) is 0 Å². The van der Waals surface area contributed by atoms with Gasteiger partial charge in [-0.15, -0.1) is 5.10 Å². The number of aryl methyl sites for hydroxylation is 1. The van der Waals surface area contributed by atoms with E-state index in [1.807, 2.05) is 53.2 Å². The number of aromatic nitrogens is 6. The Morgan fingerprint density at radius 1 is 0.875 bits per heavy atom. The Balaban J connectivity index is 0.804. The number of amides is 2. The van der Waals surface area contributed by atoms with Crippen molar-refractivity contribution in [2.75, 3.05) is 55.7 Å². The average molecular weight is 759 g/mol. The Hall–Kier alpha value is -6.09. The number of piperazine rings is 1. The van der Waals surface area contributed by atoms with Gasteiger partial charge in [-0.05, 0) is 79.8 Å². The van der Waals surface area contributed by atoms with E-state index in [2.05, 4.69) is 31.1 Å². The number of imide groups is 1. The highest BCUT2D eigenvalue weighted by atomic mass is 19.1. The zero-order valence-electron chi connectivity index (χ0n) is 31.2. The van der Waals surface area contributed by atoms with E-state index in [1.165, 1.54) is 15.2 Å². The monoisotopic (exact) mass is 758 g/mol. The highest BCUT2D eigenvalue weighted by molar-refractivity contribution is 6.00. The van der Waals surface area contributed by atoms with E-state index in [0.29, 0.717) is 29.8 Å². The van der Waals surface area contributed by atoms with Gasteiger partial charge in [0.1, 0.15) is 34.9 Å². The number of hydrogen-bond donors (Lipinski definition) is 1. The number of hydrogen-bond acceptors (Lipinski definition) is 10. The summed E-state index contributed by atoms with van der Waals surface area (Å²) in [5.41, 5.74) is 4.32. The molecule has 4 aromatic heterocycles. The molecule has 288 valence electrons. The number of benzene rings is 2. The highest BCUT2D eigenvalue weighted by Crippen LogP contribution is 2.36. The number of halogens is 1. The van der Waals surface area contributed by atoms with Gasteiger partial charge in [0, 0.05) is 58.8 Å². The summed E-state index contributed by atoms with van der Waals surface area (Å²) in [4.78, 5) is 53.9. The standard InChI is InChI=1S/C41H43FN10O4/c1-47-34-25-29(11-12-32(34)51(41(47)55)33-13-16-39(53)45-40(33)54)56-23-5-17-48-19-21-49(22-20-48)37-10-3-8-30(44-37)35-26-43-36-14-15-38(46-52(35)36)50-18-4-9-31(50)27-6-2-7-28(42)24-27/h2-3,6-8,10-12,14-15,24-26,31,33H,4-5,9,13,16-23H2,1H3,(H,45,53,54). The van der Waals surface area contributed by atoms with Gasteiger partial charge in [-0.2, -0.15) is 0 Å². The zero-order valence-corrected chi connectivity index (χ0v) is 31.2. The summed E-state index contributed by atoms with van der Waals surface area (Å²) in [5, 5.41) is 7.37. The summed E-state index contributed by atoms with van der Waals surface area (Å²) in [6.07, 6.45) is 5.11.